The SMILES string of the molecule is CCN(C)CCn1c(=S)[nH]c2ccc(Br)cc21. The van der Waals surface area contributed by atoms with E-state index in [4.69, 9.17) is 12.2 Å². The number of hydrogen-bond donors (Lipinski definition) is 1. The van der Waals surface area contributed by atoms with Gasteiger partial charge in [-0.2, -0.15) is 0 Å². The summed E-state index contributed by atoms with van der Waals surface area (Å²) < 4.78 is 4.03. The van der Waals surface area contributed by atoms with Gasteiger partial charge in [0.05, 0.1) is 11.0 Å². The molecule has 0 saturated heterocycles. The number of aromatic amines is 1. The van der Waals surface area contributed by atoms with Crippen molar-refractivity contribution in [3.8, 4) is 0 Å². The van der Waals surface area contributed by atoms with E-state index in [9.17, 15) is 0 Å². The van der Waals surface area contributed by atoms with Gasteiger partial charge in [0.15, 0.2) is 4.77 Å². The number of H-pyrrole nitrogens is 1. The van der Waals surface area contributed by atoms with Crippen molar-refractivity contribution in [1.82, 2.24) is 14.5 Å². The lowest BCUT2D eigenvalue weighted by molar-refractivity contribution is 0.336. The molecule has 0 fully saturated rings. The van der Waals surface area contributed by atoms with E-state index in [0.29, 0.717) is 0 Å². The molecule has 1 heterocycles. The van der Waals surface area contributed by atoms with E-state index in [1.807, 2.05) is 6.07 Å². The van der Waals surface area contributed by atoms with E-state index in [-0.39, 0.29) is 0 Å². The third-order valence-electron chi connectivity index (χ3n) is 2.98. The van der Waals surface area contributed by atoms with Gasteiger partial charge in [-0.05, 0) is 44.0 Å². The fraction of sp³-hybridized carbons (Fsp3) is 0.417. The minimum Gasteiger partial charge on any atom is -0.331 e. The van der Waals surface area contributed by atoms with Crippen LogP contribution in [0.4, 0.5) is 0 Å². The first kappa shape index (κ1) is 12.8. The molecular weight excluding hydrogens is 298 g/mol. The monoisotopic (exact) mass is 313 g/mol. The molecule has 0 unspecified atom stereocenters. The molecule has 3 nitrogen and oxygen atoms in total. The number of imidazole rings is 1. The number of rotatable bonds is 4. The summed E-state index contributed by atoms with van der Waals surface area (Å²) in [5.74, 6) is 0. The van der Waals surface area contributed by atoms with Gasteiger partial charge < -0.3 is 14.5 Å². The highest BCUT2D eigenvalue weighted by atomic mass is 79.9. The number of aromatic nitrogens is 2. The number of nitrogens with zero attached hydrogens (tertiary/aromatic N) is 2. The van der Waals surface area contributed by atoms with Crippen LogP contribution >= 0.6 is 28.1 Å². The molecule has 0 aliphatic carbocycles. The Hall–Kier alpha value is -0.650. The second-order valence-corrected chi connectivity index (χ2v) is 5.44. The zero-order chi connectivity index (χ0) is 12.4. The van der Waals surface area contributed by atoms with Gasteiger partial charge in [-0.3, -0.25) is 0 Å². The molecule has 2 aromatic rings. The summed E-state index contributed by atoms with van der Waals surface area (Å²) in [6, 6.07) is 6.18. The highest BCUT2D eigenvalue weighted by molar-refractivity contribution is 9.10. The van der Waals surface area contributed by atoms with Gasteiger partial charge in [-0.25, -0.2) is 0 Å². The normalized spacial score (nSPS) is 11.5. The lowest BCUT2D eigenvalue weighted by Gasteiger charge is -2.14. The Kier molecular flexibility index (Phi) is 4.01. The Labute approximate surface area is 115 Å². The predicted octanol–water partition coefficient (Wildman–Crippen LogP) is 3.41. The predicted molar refractivity (Wildman–Crippen MR) is 78.0 cm³/mol. The van der Waals surface area contributed by atoms with E-state index < -0.39 is 0 Å². The maximum Gasteiger partial charge on any atom is 0.178 e. The Morgan fingerprint density at radius 2 is 2.24 bits per heavy atom. The number of benzene rings is 1. The highest BCUT2D eigenvalue weighted by Crippen LogP contribution is 2.19. The smallest absolute Gasteiger partial charge is 0.178 e. The molecule has 17 heavy (non-hydrogen) atoms. The number of likely N-dealkylation sites (N-methyl/N-ethyl adjacent to an activating group) is 1. The zero-order valence-electron chi connectivity index (χ0n) is 10.0. The van der Waals surface area contributed by atoms with E-state index in [0.717, 1.165) is 39.9 Å². The van der Waals surface area contributed by atoms with Crippen LogP contribution in [-0.2, 0) is 6.54 Å². The highest BCUT2D eigenvalue weighted by Gasteiger charge is 2.05. The van der Waals surface area contributed by atoms with Gasteiger partial charge in [0.25, 0.3) is 0 Å². The second-order valence-electron chi connectivity index (χ2n) is 4.14. The van der Waals surface area contributed by atoms with Crippen LogP contribution < -0.4 is 0 Å². The molecule has 1 aromatic carbocycles. The largest absolute Gasteiger partial charge is 0.331 e. The molecule has 2 rings (SSSR count). The summed E-state index contributed by atoms with van der Waals surface area (Å²) in [5.41, 5.74) is 2.26. The average molecular weight is 314 g/mol. The molecule has 5 heteroatoms. The van der Waals surface area contributed by atoms with Crippen LogP contribution in [0.25, 0.3) is 11.0 Å². The average Bonchev–Trinajstić information content (AvgIpc) is 2.61. The van der Waals surface area contributed by atoms with Crippen molar-refractivity contribution in [1.29, 1.82) is 0 Å². The first-order valence-electron chi connectivity index (χ1n) is 5.68. The van der Waals surface area contributed by atoms with Crippen molar-refractivity contribution in [3.05, 3.63) is 27.4 Å². The molecule has 0 aliphatic rings. The lowest BCUT2D eigenvalue weighted by Crippen LogP contribution is -2.22. The van der Waals surface area contributed by atoms with Gasteiger partial charge in [-0.15, -0.1) is 0 Å². The molecule has 0 amide bonds. The van der Waals surface area contributed by atoms with Crippen LogP contribution in [0.1, 0.15) is 6.92 Å². The molecule has 1 N–H and O–H groups in total. The lowest BCUT2D eigenvalue weighted by atomic mass is 10.3. The van der Waals surface area contributed by atoms with Crippen molar-refractivity contribution in [2.24, 2.45) is 0 Å². The minimum atomic E-state index is 0.794. The first-order valence-corrected chi connectivity index (χ1v) is 6.88. The third-order valence-corrected chi connectivity index (χ3v) is 3.80. The van der Waals surface area contributed by atoms with E-state index >= 15 is 0 Å². The second kappa shape index (κ2) is 5.33. The minimum absolute atomic E-state index is 0.794. The summed E-state index contributed by atoms with van der Waals surface area (Å²) >= 11 is 8.86. The fourth-order valence-electron chi connectivity index (χ4n) is 1.78. The van der Waals surface area contributed by atoms with Crippen LogP contribution in [0.15, 0.2) is 22.7 Å². The number of nitrogens with one attached hydrogen (secondary N) is 1. The Morgan fingerprint density at radius 3 is 2.94 bits per heavy atom. The van der Waals surface area contributed by atoms with Gasteiger partial charge in [-0.1, -0.05) is 22.9 Å². The standard InChI is InChI=1S/C12H16BrN3S/c1-3-15(2)6-7-16-11-8-9(13)4-5-10(11)14-12(16)17/h4-5,8H,3,6-7H2,1-2H3,(H,14,17). The Balaban J connectivity index is 2.35. The molecule has 0 bridgehead atoms. The molecule has 1 aromatic heterocycles. The van der Waals surface area contributed by atoms with Crippen LogP contribution in [-0.4, -0.2) is 34.6 Å². The third kappa shape index (κ3) is 2.78. The molecule has 92 valence electrons. The molecule has 0 aliphatic heterocycles. The summed E-state index contributed by atoms with van der Waals surface area (Å²) in [6.07, 6.45) is 0. The fourth-order valence-corrected chi connectivity index (χ4v) is 2.43. The molecule has 0 spiro atoms. The summed E-state index contributed by atoms with van der Waals surface area (Å²) in [5, 5.41) is 0. The number of fused-ring (bicyclic) bond motifs is 1. The van der Waals surface area contributed by atoms with Crippen LogP contribution in [0, 0.1) is 4.77 Å². The van der Waals surface area contributed by atoms with Gasteiger partial charge in [0, 0.05) is 17.6 Å². The van der Waals surface area contributed by atoms with Crippen molar-refractivity contribution in [2.45, 2.75) is 13.5 Å². The Morgan fingerprint density at radius 1 is 1.47 bits per heavy atom. The topological polar surface area (TPSA) is 24.0 Å². The van der Waals surface area contributed by atoms with Crippen LogP contribution in [0.5, 0.6) is 0 Å². The van der Waals surface area contributed by atoms with Gasteiger partial charge >= 0.3 is 0 Å². The van der Waals surface area contributed by atoms with E-state index in [2.05, 4.69) is 56.5 Å². The molecular formula is C12H16BrN3S. The number of halogens is 1. The van der Waals surface area contributed by atoms with Gasteiger partial charge in [0.2, 0.25) is 0 Å². The molecule has 0 radical (unpaired) electrons. The van der Waals surface area contributed by atoms with Crippen LogP contribution in [0.3, 0.4) is 0 Å². The maximum absolute atomic E-state index is 5.36. The zero-order valence-corrected chi connectivity index (χ0v) is 12.4. The van der Waals surface area contributed by atoms with Crippen molar-refractivity contribution < 1.29 is 0 Å². The van der Waals surface area contributed by atoms with Gasteiger partial charge in [0.1, 0.15) is 0 Å². The molecule has 0 atom stereocenters. The van der Waals surface area contributed by atoms with E-state index in [1.54, 1.807) is 0 Å². The van der Waals surface area contributed by atoms with Crippen molar-refractivity contribution >= 4 is 39.2 Å². The quantitative estimate of drug-likeness (QED) is 0.875. The van der Waals surface area contributed by atoms with Crippen LogP contribution in [0.2, 0.25) is 0 Å². The summed E-state index contributed by atoms with van der Waals surface area (Å²) in [6.45, 7) is 5.13. The maximum atomic E-state index is 5.36. The number of hydrogen-bond acceptors (Lipinski definition) is 2. The molecule has 0 saturated carbocycles. The summed E-state index contributed by atoms with van der Waals surface area (Å²) in [7, 11) is 2.12. The first-order chi connectivity index (χ1) is 8.11. The van der Waals surface area contributed by atoms with Crippen molar-refractivity contribution in [2.75, 3.05) is 20.1 Å². The Bertz CT molecular complexity index is 573. The summed E-state index contributed by atoms with van der Waals surface area (Å²) in [4.78, 5) is 5.51. The van der Waals surface area contributed by atoms with E-state index in [1.165, 1.54) is 0 Å². The van der Waals surface area contributed by atoms with Crippen molar-refractivity contribution in [3.63, 3.8) is 0 Å².